The summed E-state index contributed by atoms with van der Waals surface area (Å²) in [6.45, 7) is 1.66. The lowest BCUT2D eigenvalue weighted by atomic mass is 10.1. The fourth-order valence-corrected chi connectivity index (χ4v) is 2.51. The largest absolute Gasteiger partial charge is 0.506 e. The first-order chi connectivity index (χ1) is 7.29. The first-order valence-electron chi connectivity index (χ1n) is 5.29. The summed E-state index contributed by atoms with van der Waals surface area (Å²) in [6.07, 6.45) is 1.03. The molecule has 15 heavy (non-hydrogen) atoms. The van der Waals surface area contributed by atoms with Crippen molar-refractivity contribution in [2.75, 3.05) is 6.54 Å². The number of benzene rings is 1. The minimum Gasteiger partial charge on any atom is -0.506 e. The molecule has 1 aliphatic heterocycles. The van der Waals surface area contributed by atoms with Crippen LogP contribution >= 0.6 is 0 Å². The summed E-state index contributed by atoms with van der Waals surface area (Å²) in [4.78, 5) is 0. The summed E-state index contributed by atoms with van der Waals surface area (Å²) in [7, 11) is 0. The Kier molecular flexibility index (Phi) is 1.76. The molecule has 3 heteroatoms. The highest BCUT2D eigenvalue weighted by Gasteiger charge is 2.23. The van der Waals surface area contributed by atoms with Crippen LogP contribution in [-0.2, 0) is 13.0 Å². The second-order valence-corrected chi connectivity index (χ2v) is 4.27. The summed E-state index contributed by atoms with van der Waals surface area (Å²) in [5.74, 6) is 0.903. The number of nitrogens with zero attached hydrogens (tertiary/aromatic N) is 1. The van der Waals surface area contributed by atoms with Crippen molar-refractivity contribution in [2.45, 2.75) is 13.0 Å². The van der Waals surface area contributed by atoms with Gasteiger partial charge in [-0.25, -0.2) is 0 Å². The summed E-state index contributed by atoms with van der Waals surface area (Å²) in [5, 5.41) is 11.0. The van der Waals surface area contributed by atoms with E-state index in [0.717, 1.165) is 30.4 Å². The van der Waals surface area contributed by atoms with Gasteiger partial charge in [0.15, 0.2) is 0 Å². The zero-order valence-electron chi connectivity index (χ0n) is 8.48. The molecule has 0 aliphatic carbocycles. The molecular weight excluding hydrogens is 188 g/mol. The maximum Gasteiger partial charge on any atom is 0.139 e. The fraction of sp³-hybridized carbons (Fsp3) is 0.333. The number of aromatic nitrogens is 1. The number of hydrogen-bond donors (Lipinski definition) is 2. The number of para-hydroxylation sites is 1. The lowest BCUT2D eigenvalue weighted by Crippen LogP contribution is -2.15. The van der Waals surface area contributed by atoms with E-state index in [9.17, 15) is 5.11 Å². The summed E-state index contributed by atoms with van der Waals surface area (Å²) in [6, 6.07) is 7.82. The normalized spacial score (nSPS) is 19.7. The van der Waals surface area contributed by atoms with Gasteiger partial charge in [-0.15, -0.1) is 0 Å². The van der Waals surface area contributed by atoms with Gasteiger partial charge < -0.3 is 15.4 Å². The molecule has 1 aromatic heterocycles. The second-order valence-electron chi connectivity index (χ2n) is 4.27. The zero-order valence-corrected chi connectivity index (χ0v) is 8.48. The van der Waals surface area contributed by atoms with Crippen molar-refractivity contribution in [1.82, 2.24) is 4.57 Å². The van der Waals surface area contributed by atoms with Crippen molar-refractivity contribution in [3.05, 3.63) is 30.0 Å². The molecule has 1 atom stereocenters. The van der Waals surface area contributed by atoms with Gasteiger partial charge in [-0.1, -0.05) is 12.1 Å². The average molecular weight is 202 g/mol. The van der Waals surface area contributed by atoms with Crippen molar-refractivity contribution in [3.63, 3.8) is 0 Å². The Balaban J connectivity index is 2.21. The zero-order chi connectivity index (χ0) is 10.4. The Morgan fingerprint density at radius 3 is 3.13 bits per heavy atom. The molecule has 2 aromatic rings. The molecule has 0 saturated carbocycles. The van der Waals surface area contributed by atoms with Crippen molar-refractivity contribution in [1.29, 1.82) is 0 Å². The minimum absolute atomic E-state index is 0.372. The van der Waals surface area contributed by atoms with E-state index in [1.807, 2.05) is 12.1 Å². The Morgan fingerprint density at radius 1 is 1.47 bits per heavy atom. The van der Waals surface area contributed by atoms with E-state index in [1.54, 1.807) is 6.07 Å². The molecule has 0 fully saturated rings. The van der Waals surface area contributed by atoms with Gasteiger partial charge in [-0.2, -0.15) is 0 Å². The topological polar surface area (TPSA) is 51.2 Å². The average Bonchev–Trinajstić information content (AvgIpc) is 2.73. The Hall–Kier alpha value is -1.48. The van der Waals surface area contributed by atoms with Gasteiger partial charge >= 0.3 is 0 Å². The third-order valence-corrected chi connectivity index (χ3v) is 3.26. The summed E-state index contributed by atoms with van der Waals surface area (Å²) >= 11 is 0. The van der Waals surface area contributed by atoms with Crippen LogP contribution < -0.4 is 5.73 Å². The van der Waals surface area contributed by atoms with E-state index in [4.69, 9.17) is 5.73 Å². The van der Waals surface area contributed by atoms with Crippen molar-refractivity contribution < 1.29 is 5.11 Å². The maximum absolute atomic E-state index is 9.83. The van der Waals surface area contributed by atoms with Crippen LogP contribution in [-0.4, -0.2) is 16.2 Å². The van der Waals surface area contributed by atoms with Crippen molar-refractivity contribution in [2.24, 2.45) is 11.7 Å². The van der Waals surface area contributed by atoms with Crippen LogP contribution in [0.3, 0.4) is 0 Å². The number of aromatic hydroxyl groups is 1. The molecule has 1 aromatic carbocycles. The van der Waals surface area contributed by atoms with Crippen LogP contribution in [0.4, 0.5) is 0 Å². The van der Waals surface area contributed by atoms with E-state index in [2.05, 4.69) is 10.6 Å². The molecule has 1 unspecified atom stereocenters. The van der Waals surface area contributed by atoms with E-state index in [-0.39, 0.29) is 0 Å². The van der Waals surface area contributed by atoms with E-state index >= 15 is 0 Å². The summed E-state index contributed by atoms with van der Waals surface area (Å²) in [5.41, 5.74) is 7.93. The van der Waals surface area contributed by atoms with Gasteiger partial charge in [0.25, 0.3) is 0 Å². The van der Waals surface area contributed by atoms with Crippen LogP contribution in [0.25, 0.3) is 10.9 Å². The molecule has 1 aliphatic rings. The van der Waals surface area contributed by atoms with Gasteiger partial charge in [0.05, 0.1) is 5.52 Å². The molecule has 0 radical (unpaired) electrons. The van der Waals surface area contributed by atoms with Crippen LogP contribution in [0.2, 0.25) is 0 Å². The molecule has 3 N–H and O–H groups in total. The van der Waals surface area contributed by atoms with Gasteiger partial charge in [0.1, 0.15) is 5.75 Å². The van der Waals surface area contributed by atoms with Crippen LogP contribution in [0.15, 0.2) is 24.3 Å². The SMILES string of the molecule is NCC1Cc2cc3cccc(O)c3n2C1. The number of hydrogen-bond acceptors (Lipinski definition) is 2. The van der Waals surface area contributed by atoms with Gasteiger partial charge in [-0.3, -0.25) is 0 Å². The molecule has 0 saturated heterocycles. The highest BCUT2D eigenvalue weighted by atomic mass is 16.3. The first kappa shape index (κ1) is 8.80. The lowest BCUT2D eigenvalue weighted by Gasteiger charge is -2.06. The third kappa shape index (κ3) is 1.16. The highest BCUT2D eigenvalue weighted by molar-refractivity contribution is 5.87. The molecule has 0 bridgehead atoms. The number of nitrogens with two attached hydrogens (primary N) is 1. The monoisotopic (exact) mass is 202 g/mol. The predicted molar refractivity (Wildman–Crippen MR) is 59.9 cm³/mol. The number of phenolic OH excluding ortho intramolecular Hbond substituents is 1. The van der Waals surface area contributed by atoms with Gasteiger partial charge in [-0.05, 0) is 31.0 Å². The quantitative estimate of drug-likeness (QED) is 0.736. The Labute approximate surface area is 88.1 Å². The standard InChI is InChI=1S/C12H14N2O/c13-6-8-4-10-5-9-2-1-3-11(15)12(9)14(10)7-8/h1-3,5,8,15H,4,6-7,13H2. The molecule has 3 rings (SSSR count). The third-order valence-electron chi connectivity index (χ3n) is 3.26. The molecule has 78 valence electrons. The second kappa shape index (κ2) is 3.00. The van der Waals surface area contributed by atoms with Crippen LogP contribution in [0, 0.1) is 5.92 Å². The lowest BCUT2D eigenvalue weighted by molar-refractivity contribution is 0.474. The van der Waals surface area contributed by atoms with E-state index in [1.165, 1.54) is 5.69 Å². The minimum atomic E-state index is 0.372. The van der Waals surface area contributed by atoms with Gasteiger partial charge in [0.2, 0.25) is 0 Å². The van der Waals surface area contributed by atoms with Crippen LogP contribution in [0.5, 0.6) is 5.75 Å². The molecule has 0 amide bonds. The van der Waals surface area contributed by atoms with E-state index in [0.29, 0.717) is 11.7 Å². The van der Waals surface area contributed by atoms with Gasteiger partial charge in [0, 0.05) is 17.6 Å². The molecule has 0 spiro atoms. The smallest absolute Gasteiger partial charge is 0.139 e. The maximum atomic E-state index is 9.83. The highest BCUT2D eigenvalue weighted by Crippen LogP contribution is 2.33. The number of fused-ring (bicyclic) bond motifs is 3. The molecule has 3 nitrogen and oxygen atoms in total. The van der Waals surface area contributed by atoms with Crippen molar-refractivity contribution in [3.8, 4) is 5.75 Å². The Morgan fingerprint density at radius 2 is 2.33 bits per heavy atom. The molecule has 2 heterocycles. The van der Waals surface area contributed by atoms with Crippen LogP contribution in [0.1, 0.15) is 5.69 Å². The van der Waals surface area contributed by atoms with Crippen molar-refractivity contribution >= 4 is 10.9 Å². The first-order valence-corrected chi connectivity index (χ1v) is 5.29. The summed E-state index contributed by atoms with van der Waals surface area (Å²) < 4.78 is 2.20. The predicted octanol–water partition coefficient (Wildman–Crippen LogP) is 1.48. The molecular formula is C12H14N2O. The van der Waals surface area contributed by atoms with E-state index < -0.39 is 0 Å². The number of phenols is 1. The fourth-order valence-electron chi connectivity index (χ4n) is 2.51. The number of rotatable bonds is 1. The Bertz CT molecular complexity index is 516.